The first-order valence-electron chi connectivity index (χ1n) is 14.7. The lowest BCUT2D eigenvalue weighted by Gasteiger charge is -2.36. The Labute approximate surface area is 260 Å². The molecule has 2 aliphatic heterocycles. The number of carbonyl (C=O) groups excluding carboxylic acids is 2. The molecule has 4 heterocycles. The van der Waals surface area contributed by atoms with E-state index < -0.39 is 0 Å². The molecule has 7 rings (SSSR count). The van der Waals surface area contributed by atoms with Gasteiger partial charge in [-0.1, -0.05) is 71.7 Å². The van der Waals surface area contributed by atoms with Gasteiger partial charge in [0.05, 0.1) is 17.7 Å². The maximum atomic E-state index is 14.4. The maximum absolute atomic E-state index is 14.4. The summed E-state index contributed by atoms with van der Waals surface area (Å²) in [6.07, 6.45) is 4.96. The van der Waals surface area contributed by atoms with Gasteiger partial charge in [0.2, 0.25) is 5.91 Å². The Balaban J connectivity index is 1.32. The van der Waals surface area contributed by atoms with Crippen molar-refractivity contribution in [3.05, 3.63) is 100 Å². The third-order valence-corrected chi connectivity index (χ3v) is 9.15. The molecule has 9 heteroatoms. The maximum Gasteiger partial charge on any atom is 0.271 e. The largest absolute Gasteiger partial charge is 0.350 e. The fourth-order valence-corrected chi connectivity index (χ4v) is 6.83. The highest BCUT2D eigenvalue weighted by atomic mass is 35.5. The Morgan fingerprint density at radius 2 is 1.67 bits per heavy atom. The number of aromatic nitrogens is 3. The highest BCUT2D eigenvalue weighted by molar-refractivity contribution is 6.31. The first-order valence-corrected chi connectivity index (χ1v) is 15.5. The molecule has 0 bridgehead atoms. The molecule has 218 valence electrons. The molecule has 5 aromatic rings. The van der Waals surface area contributed by atoms with Crippen LogP contribution in [-0.4, -0.2) is 61.8 Å². The average molecular weight is 613 g/mol. The van der Waals surface area contributed by atoms with Gasteiger partial charge < -0.3 is 19.4 Å². The van der Waals surface area contributed by atoms with Crippen molar-refractivity contribution in [1.29, 1.82) is 0 Å². The van der Waals surface area contributed by atoms with Gasteiger partial charge in [0.25, 0.3) is 5.91 Å². The summed E-state index contributed by atoms with van der Waals surface area (Å²) in [4.78, 5) is 39.0. The fourth-order valence-electron chi connectivity index (χ4n) is 6.53. The number of imidazole rings is 1. The summed E-state index contributed by atoms with van der Waals surface area (Å²) in [5, 5.41) is 2.17. The molecule has 2 amide bonds. The first kappa shape index (κ1) is 27.7. The van der Waals surface area contributed by atoms with Crippen LogP contribution < -0.4 is 0 Å². The van der Waals surface area contributed by atoms with E-state index in [9.17, 15) is 9.59 Å². The minimum Gasteiger partial charge on any atom is -0.350 e. The highest BCUT2D eigenvalue weighted by Crippen LogP contribution is 2.40. The van der Waals surface area contributed by atoms with E-state index in [-0.39, 0.29) is 17.9 Å². The lowest BCUT2D eigenvalue weighted by Crippen LogP contribution is -2.47. The number of nitrogens with one attached hydrogen (secondary N) is 1. The summed E-state index contributed by atoms with van der Waals surface area (Å²) in [6, 6.07) is 23.7. The van der Waals surface area contributed by atoms with E-state index in [1.54, 1.807) is 0 Å². The summed E-state index contributed by atoms with van der Waals surface area (Å²) in [7, 11) is 0. The summed E-state index contributed by atoms with van der Waals surface area (Å²) >= 11 is 12.6. The van der Waals surface area contributed by atoms with Crippen molar-refractivity contribution in [3.63, 3.8) is 0 Å². The van der Waals surface area contributed by atoms with Crippen molar-refractivity contribution in [3.8, 4) is 22.5 Å². The number of piperidine rings is 1. The number of halogens is 2. The van der Waals surface area contributed by atoms with Crippen LogP contribution in [0.5, 0.6) is 0 Å². The summed E-state index contributed by atoms with van der Waals surface area (Å²) in [6.45, 7) is 2.57. The number of benzene rings is 3. The van der Waals surface area contributed by atoms with Crippen LogP contribution in [0.2, 0.25) is 10.0 Å². The van der Waals surface area contributed by atoms with Gasteiger partial charge in [0, 0.05) is 70.7 Å². The Hall–Kier alpha value is -4.07. The summed E-state index contributed by atoms with van der Waals surface area (Å²) in [5.41, 5.74) is 5.80. The smallest absolute Gasteiger partial charge is 0.271 e. The first-order chi connectivity index (χ1) is 21.0. The number of rotatable bonds is 6. The second-order valence-electron chi connectivity index (χ2n) is 11.3. The van der Waals surface area contributed by atoms with Crippen LogP contribution in [0.4, 0.5) is 0 Å². The van der Waals surface area contributed by atoms with Gasteiger partial charge in [-0.2, -0.15) is 0 Å². The quantitative estimate of drug-likeness (QED) is 0.219. The molecule has 2 aliphatic rings. The van der Waals surface area contributed by atoms with E-state index in [0.29, 0.717) is 41.8 Å². The predicted octanol–water partition coefficient (Wildman–Crippen LogP) is 7.28. The van der Waals surface area contributed by atoms with Gasteiger partial charge in [0.15, 0.2) is 0 Å². The topological polar surface area (TPSA) is 74.2 Å². The molecular formula is C34H31Cl2N5O2. The molecule has 0 atom stereocenters. The van der Waals surface area contributed by atoms with Crippen molar-refractivity contribution >= 4 is 45.9 Å². The number of H-pyrrole nitrogens is 1. The molecule has 0 saturated carbocycles. The number of aromatic amines is 1. The van der Waals surface area contributed by atoms with Gasteiger partial charge in [0.1, 0.15) is 5.69 Å². The fraction of sp³-hybridized carbons (Fsp3) is 0.265. The van der Waals surface area contributed by atoms with Crippen molar-refractivity contribution in [2.24, 2.45) is 0 Å². The van der Waals surface area contributed by atoms with Gasteiger partial charge in [-0.3, -0.25) is 9.59 Å². The minimum atomic E-state index is -0.0632. The second kappa shape index (κ2) is 11.5. The second-order valence-corrected chi connectivity index (χ2v) is 12.2. The molecule has 2 fully saturated rings. The number of fused-ring (bicyclic) bond motifs is 1. The number of hydrogen-bond acceptors (Lipinski definition) is 3. The molecule has 2 saturated heterocycles. The monoisotopic (exact) mass is 611 g/mol. The number of amides is 2. The molecule has 0 aliphatic carbocycles. The highest BCUT2D eigenvalue weighted by Gasteiger charge is 2.34. The van der Waals surface area contributed by atoms with E-state index in [2.05, 4.69) is 9.55 Å². The standard InChI is InChI=1S/C34H31Cl2N5O2/c35-24-10-8-22(9-11-24)20-40-21-37-31(23-5-2-1-3-6-23)33(40)30-27-13-12-25(36)19-28(27)38-32(30)34(43)39-17-14-26(15-18-39)41-16-4-7-29(41)42/h1-3,5-6,8-13,19,21,26,38H,4,7,14-18,20H2. The van der Waals surface area contributed by atoms with Crippen LogP contribution in [0.3, 0.4) is 0 Å². The Morgan fingerprint density at radius 1 is 0.930 bits per heavy atom. The normalized spacial score (nSPS) is 16.0. The van der Waals surface area contributed by atoms with Crippen LogP contribution in [0.1, 0.15) is 41.7 Å². The van der Waals surface area contributed by atoms with E-state index in [0.717, 1.165) is 64.8 Å². The zero-order valence-electron chi connectivity index (χ0n) is 23.6. The van der Waals surface area contributed by atoms with Gasteiger partial charge in [-0.25, -0.2) is 4.98 Å². The lowest BCUT2D eigenvalue weighted by molar-refractivity contribution is -0.130. The molecular weight excluding hydrogens is 581 g/mol. The molecule has 3 aromatic carbocycles. The van der Waals surface area contributed by atoms with Gasteiger partial charge in [-0.15, -0.1) is 0 Å². The number of likely N-dealkylation sites (tertiary alicyclic amines) is 2. The predicted molar refractivity (Wildman–Crippen MR) is 170 cm³/mol. The van der Waals surface area contributed by atoms with Crippen molar-refractivity contribution in [1.82, 2.24) is 24.3 Å². The molecule has 7 nitrogen and oxygen atoms in total. The molecule has 0 radical (unpaired) electrons. The molecule has 0 spiro atoms. The van der Waals surface area contributed by atoms with Crippen LogP contribution in [0, 0.1) is 0 Å². The van der Waals surface area contributed by atoms with Crippen LogP contribution >= 0.6 is 23.2 Å². The van der Waals surface area contributed by atoms with E-state index in [4.69, 9.17) is 28.2 Å². The van der Waals surface area contributed by atoms with Crippen molar-refractivity contribution in [2.75, 3.05) is 19.6 Å². The molecule has 1 N–H and O–H groups in total. The van der Waals surface area contributed by atoms with E-state index in [1.165, 1.54) is 0 Å². The molecule has 2 aromatic heterocycles. The van der Waals surface area contributed by atoms with Crippen LogP contribution in [-0.2, 0) is 11.3 Å². The van der Waals surface area contributed by atoms with Crippen LogP contribution in [0.15, 0.2) is 79.1 Å². The van der Waals surface area contributed by atoms with E-state index >= 15 is 0 Å². The number of hydrogen-bond donors (Lipinski definition) is 1. The number of nitrogens with zero attached hydrogens (tertiary/aromatic N) is 4. The third kappa shape index (κ3) is 5.32. The van der Waals surface area contributed by atoms with Gasteiger partial charge in [-0.05, 0) is 49.1 Å². The SMILES string of the molecule is O=C(c1[nH]c2cc(Cl)ccc2c1-c1c(-c2ccccc2)ncn1Cc1ccc(Cl)cc1)N1CCC(N2CCCC2=O)CC1. The average Bonchev–Trinajstić information content (AvgIpc) is 3.74. The Morgan fingerprint density at radius 3 is 2.40 bits per heavy atom. The molecule has 43 heavy (non-hydrogen) atoms. The Bertz CT molecular complexity index is 1800. The lowest BCUT2D eigenvalue weighted by atomic mass is 9.99. The van der Waals surface area contributed by atoms with Crippen LogP contribution in [0.25, 0.3) is 33.4 Å². The Kier molecular flexibility index (Phi) is 7.45. The zero-order valence-corrected chi connectivity index (χ0v) is 25.1. The summed E-state index contributed by atoms with van der Waals surface area (Å²) < 4.78 is 2.10. The van der Waals surface area contributed by atoms with Crippen molar-refractivity contribution < 1.29 is 9.59 Å². The third-order valence-electron chi connectivity index (χ3n) is 8.66. The van der Waals surface area contributed by atoms with E-state index in [1.807, 2.05) is 88.9 Å². The van der Waals surface area contributed by atoms with Gasteiger partial charge >= 0.3 is 0 Å². The minimum absolute atomic E-state index is 0.0632. The number of carbonyl (C=O) groups is 2. The molecule has 0 unspecified atom stereocenters. The zero-order chi connectivity index (χ0) is 29.5. The summed E-state index contributed by atoms with van der Waals surface area (Å²) in [5.74, 6) is 0.175. The van der Waals surface area contributed by atoms with Crippen molar-refractivity contribution in [2.45, 2.75) is 38.3 Å².